The van der Waals surface area contributed by atoms with Crippen LogP contribution in [0, 0.1) is 6.92 Å². The van der Waals surface area contributed by atoms with E-state index in [1.807, 2.05) is 9.80 Å². The molecule has 2 aliphatic rings. The predicted octanol–water partition coefficient (Wildman–Crippen LogP) is 1.79. The minimum atomic E-state index is -0.307. The average Bonchev–Trinajstić information content (AvgIpc) is 2.52. The molecule has 0 unspecified atom stereocenters. The summed E-state index contributed by atoms with van der Waals surface area (Å²) in [5.41, 5.74) is 0.136. The Bertz CT molecular complexity index is 633. The molecule has 0 spiro atoms. The fourth-order valence-electron chi connectivity index (χ4n) is 4.17. The van der Waals surface area contributed by atoms with Crippen LogP contribution in [-0.4, -0.2) is 56.3 Å². The van der Waals surface area contributed by atoms with E-state index in [0.717, 1.165) is 38.8 Å². The predicted molar refractivity (Wildman–Crippen MR) is 85.9 cm³/mol. The molecule has 3 heterocycles. The van der Waals surface area contributed by atoms with Gasteiger partial charge in [0.2, 0.25) is 5.91 Å². The van der Waals surface area contributed by atoms with Crippen LogP contribution in [0.15, 0.2) is 12.3 Å². The lowest BCUT2D eigenvalue weighted by Gasteiger charge is -2.56. The van der Waals surface area contributed by atoms with Gasteiger partial charge in [-0.25, -0.2) is 9.97 Å². The summed E-state index contributed by atoms with van der Waals surface area (Å²) in [7, 11) is 0. The van der Waals surface area contributed by atoms with E-state index in [2.05, 4.69) is 16.9 Å². The highest BCUT2D eigenvalue weighted by molar-refractivity contribution is 5.93. The lowest BCUT2D eigenvalue weighted by Crippen LogP contribution is -2.68. The Balaban J connectivity index is 1.93. The second kappa shape index (κ2) is 5.91. The van der Waals surface area contributed by atoms with Crippen molar-refractivity contribution in [2.45, 2.75) is 58.0 Å². The first-order valence-corrected chi connectivity index (χ1v) is 8.32. The molecule has 6 nitrogen and oxygen atoms in total. The van der Waals surface area contributed by atoms with Crippen LogP contribution in [0.3, 0.4) is 0 Å². The van der Waals surface area contributed by atoms with Gasteiger partial charge in [-0.05, 0) is 45.6 Å². The Hall–Kier alpha value is -1.98. The maximum Gasteiger partial charge on any atom is 0.273 e. The third kappa shape index (κ3) is 2.71. The minimum absolute atomic E-state index is 0.0481. The number of amides is 2. The second-order valence-corrected chi connectivity index (χ2v) is 6.78. The molecule has 0 aliphatic carbocycles. The SMILES string of the molecule is CC(=O)N1CCC[C@@]2(C)[C@@H]1CCCN2C(=O)c1ccnc(C)n1. The number of hydrogen-bond donors (Lipinski definition) is 0. The third-order valence-corrected chi connectivity index (χ3v) is 5.30. The number of carbonyl (C=O) groups excluding carboxylic acids is 2. The van der Waals surface area contributed by atoms with Gasteiger partial charge in [-0.2, -0.15) is 0 Å². The van der Waals surface area contributed by atoms with Gasteiger partial charge in [-0.15, -0.1) is 0 Å². The average molecular weight is 316 g/mol. The van der Waals surface area contributed by atoms with Crippen molar-refractivity contribution in [3.8, 4) is 0 Å². The van der Waals surface area contributed by atoms with Gasteiger partial charge in [0.05, 0.1) is 11.6 Å². The van der Waals surface area contributed by atoms with E-state index in [4.69, 9.17) is 0 Å². The molecule has 0 saturated carbocycles. The molecule has 1 aromatic heterocycles. The maximum absolute atomic E-state index is 13.0. The molecule has 0 aromatic carbocycles. The highest BCUT2D eigenvalue weighted by Gasteiger charge is 2.49. The summed E-state index contributed by atoms with van der Waals surface area (Å²) in [4.78, 5) is 37.3. The molecular formula is C17H24N4O2. The van der Waals surface area contributed by atoms with Crippen LogP contribution in [0.1, 0.15) is 55.8 Å². The van der Waals surface area contributed by atoms with E-state index >= 15 is 0 Å². The van der Waals surface area contributed by atoms with E-state index in [1.165, 1.54) is 0 Å². The zero-order valence-corrected chi connectivity index (χ0v) is 14.1. The van der Waals surface area contributed by atoms with Gasteiger partial charge in [-0.3, -0.25) is 9.59 Å². The van der Waals surface area contributed by atoms with Crippen LogP contribution in [0.2, 0.25) is 0 Å². The highest BCUT2D eigenvalue weighted by Crippen LogP contribution is 2.39. The normalized spacial score (nSPS) is 27.5. The van der Waals surface area contributed by atoms with Gasteiger partial charge in [-0.1, -0.05) is 0 Å². The van der Waals surface area contributed by atoms with Crippen LogP contribution in [0.5, 0.6) is 0 Å². The number of carbonyl (C=O) groups is 2. The summed E-state index contributed by atoms with van der Waals surface area (Å²) in [5.74, 6) is 0.657. The second-order valence-electron chi connectivity index (χ2n) is 6.78. The lowest BCUT2D eigenvalue weighted by molar-refractivity contribution is -0.140. The first-order valence-electron chi connectivity index (χ1n) is 8.32. The van der Waals surface area contributed by atoms with E-state index in [-0.39, 0.29) is 23.4 Å². The smallest absolute Gasteiger partial charge is 0.273 e. The molecule has 2 amide bonds. The van der Waals surface area contributed by atoms with E-state index in [1.54, 1.807) is 26.1 Å². The summed E-state index contributed by atoms with van der Waals surface area (Å²) in [5, 5.41) is 0. The molecule has 2 aliphatic heterocycles. The van der Waals surface area contributed by atoms with Gasteiger partial charge in [0.25, 0.3) is 5.91 Å². The number of nitrogens with zero attached hydrogens (tertiary/aromatic N) is 4. The summed E-state index contributed by atoms with van der Waals surface area (Å²) < 4.78 is 0. The Morgan fingerprint density at radius 3 is 2.78 bits per heavy atom. The standard InChI is InChI=1S/C17H24N4O2/c1-12-18-9-7-14(19-12)16(23)21-11-4-6-15-17(21,3)8-5-10-20(15)13(2)22/h7,9,15H,4-6,8,10-11H2,1-3H3/t15-,17-/m0/s1. The molecule has 0 bridgehead atoms. The summed E-state index contributed by atoms with van der Waals surface area (Å²) in [6.07, 6.45) is 5.36. The topological polar surface area (TPSA) is 66.4 Å². The zero-order chi connectivity index (χ0) is 16.6. The molecule has 3 rings (SSSR count). The number of piperidine rings is 2. The van der Waals surface area contributed by atoms with Crippen LogP contribution in [0.25, 0.3) is 0 Å². The van der Waals surface area contributed by atoms with Crippen LogP contribution < -0.4 is 0 Å². The summed E-state index contributed by atoms with van der Waals surface area (Å²) in [6.45, 7) is 7.05. The van der Waals surface area contributed by atoms with E-state index in [0.29, 0.717) is 11.5 Å². The van der Waals surface area contributed by atoms with Crippen LogP contribution in [-0.2, 0) is 4.79 Å². The lowest BCUT2D eigenvalue weighted by atomic mass is 9.76. The van der Waals surface area contributed by atoms with Crippen LogP contribution >= 0.6 is 0 Å². The van der Waals surface area contributed by atoms with Gasteiger partial charge in [0, 0.05) is 26.2 Å². The van der Waals surface area contributed by atoms with Gasteiger partial charge in [0.1, 0.15) is 11.5 Å². The van der Waals surface area contributed by atoms with E-state index < -0.39 is 0 Å². The molecule has 2 saturated heterocycles. The minimum Gasteiger partial charge on any atom is -0.338 e. The van der Waals surface area contributed by atoms with Crippen LogP contribution in [0.4, 0.5) is 0 Å². The Kier molecular flexibility index (Phi) is 4.08. The van der Waals surface area contributed by atoms with Crippen molar-refractivity contribution in [3.63, 3.8) is 0 Å². The quantitative estimate of drug-likeness (QED) is 0.792. The largest absolute Gasteiger partial charge is 0.338 e. The fourth-order valence-corrected chi connectivity index (χ4v) is 4.17. The number of aromatic nitrogens is 2. The summed E-state index contributed by atoms with van der Waals surface area (Å²) in [6, 6.07) is 1.78. The van der Waals surface area contributed by atoms with Crippen molar-refractivity contribution in [1.82, 2.24) is 19.8 Å². The van der Waals surface area contributed by atoms with Crippen molar-refractivity contribution in [3.05, 3.63) is 23.8 Å². The first-order chi connectivity index (χ1) is 10.9. The Morgan fingerprint density at radius 2 is 2.09 bits per heavy atom. The number of fused-ring (bicyclic) bond motifs is 1. The zero-order valence-electron chi connectivity index (χ0n) is 14.1. The van der Waals surface area contributed by atoms with Gasteiger partial charge < -0.3 is 9.80 Å². The molecule has 124 valence electrons. The highest BCUT2D eigenvalue weighted by atomic mass is 16.2. The number of likely N-dealkylation sites (tertiary alicyclic amines) is 2. The molecular weight excluding hydrogens is 292 g/mol. The maximum atomic E-state index is 13.0. The van der Waals surface area contributed by atoms with Crippen molar-refractivity contribution in [1.29, 1.82) is 0 Å². The molecule has 0 radical (unpaired) electrons. The molecule has 23 heavy (non-hydrogen) atoms. The number of aryl methyl sites for hydroxylation is 1. The van der Waals surface area contributed by atoms with Gasteiger partial charge >= 0.3 is 0 Å². The molecule has 6 heteroatoms. The Labute approximate surface area is 136 Å². The first kappa shape index (κ1) is 15.9. The number of rotatable bonds is 1. The van der Waals surface area contributed by atoms with Crippen molar-refractivity contribution >= 4 is 11.8 Å². The summed E-state index contributed by atoms with van der Waals surface area (Å²) >= 11 is 0. The molecule has 1 aromatic rings. The van der Waals surface area contributed by atoms with Gasteiger partial charge in [0.15, 0.2) is 0 Å². The molecule has 2 fully saturated rings. The van der Waals surface area contributed by atoms with Crippen molar-refractivity contribution in [2.75, 3.05) is 13.1 Å². The molecule has 2 atom stereocenters. The Morgan fingerprint density at radius 1 is 1.30 bits per heavy atom. The van der Waals surface area contributed by atoms with Crippen molar-refractivity contribution in [2.24, 2.45) is 0 Å². The number of hydrogen-bond acceptors (Lipinski definition) is 4. The van der Waals surface area contributed by atoms with Crippen molar-refractivity contribution < 1.29 is 9.59 Å². The van der Waals surface area contributed by atoms with E-state index in [9.17, 15) is 9.59 Å². The fraction of sp³-hybridized carbons (Fsp3) is 0.647. The monoisotopic (exact) mass is 316 g/mol. The molecule has 0 N–H and O–H groups in total. The third-order valence-electron chi connectivity index (χ3n) is 5.30.